The summed E-state index contributed by atoms with van der Waals surface area (Å²) in [5.74, 6) is -0.164. The van der Waals surface area contributed by atoms with Gasteiger partial charge < -0.3 is 11.5 Å². The summed E-state index contributed by atoms with van der Waals surface area (Å²) >= 11 is 0. The van der Waals surface area contributed by atoms with Crippen LogP contribution in [-0.4, -0.2) is 11.4 Å². The number of hydrogen-bond acceptors (Lipinski definition) is 2. The van der Waals surface area contributed by atoms with E-state index in [2.05, 4.69) is 0 Å². The lowest BCUT2D eigenvalue weighted by molar-refractivity contribution is -0.127. The molecular formula is C9H18N2O. The number of amides is 1. The molecule has 1 saturated carbocycles. The highest BCUT2D eigenvalue weighted by Gasteiger charge is 2.54. The third kappa shape index (κ3) is 0.959. The highest BCUT2D eigenvalue weighted by atomic mass is 16.1. The fraction of sp³-hybridized carbons (Fsp3) is 0.889. The van der Waals surface area contributed by atoms with E-state index < -0.39 is 5.54 Å². The van der Waals surface area contributed by atoms with Gasteiger partial charge in [-0.3, -0.25) is 4.79 Å². The van der Waals surface area contributed by atoms with Crippen LogP contribution in [0.2, 0.25) is 0 Å². The number of carbonyl (C=O) groups is 1. The summed E-state index contributed by atoms with van der Waals surface area (Å²) in [5.41, 5.74) is 10.4. The van der Waals surface area contributed by atoms with E-state index in [0.29, 0.717) is 0 Å². The Labute approximate surface area is 73.5 Å². The van der Waals surface area contributed by atoms with E-state index in [-0.39, 0.29) is 17.2 Å². The lowest BCUT2D eigenvalue weighted by atomic mass is 9.72. The van der Waals surface area contributed by atoms with Crippen LogP contribution in [0.5, 0.6) is 0 Å². The summed E-state index contributed by atoms with van der Waals surface area (Å²) in [6, 6.07) is 0. The van der Waals surface area contributed by atoms with E-state index in [9.17, 15) is 4.79 Å². The van der Waals surface area contributed by atoms with Gasteiger partial charge in [-0.2, -0.15) is 0 Å². The Hall–Kier alpha value is -0.570. The molecule has 0 heterocycles. The average molecular weight is 170 g/mol. The quantitative estimate of drug-likeness (QED) is 0.606. The standard InChI is InChI=1S/C9H18N2O/c1-6-4-5-8(2,3)9(6,11)7(10)12/h6H,4-5,11H2,1-3H3,(H2,10,12). The van der Waals surface area contributed by atoms with Gasteiger partial charge in [0, 0.05) is 0 Å². The van der Waals surface area contributed by atoms with Crippen molar-refractivity contribution in [3.05, 3.63) is 0 Å². The molecule has 0 bridgehead atoms. The normalized spacial score (nSPS) is 39.8. The maximum absolute atomic E-state index is 11.2. The van der Waals surface area contributed by atoms with Gasteiger partial charge in [-0.05, 0) is 24.2 Å². The first-order chi connectivity index (χ1) is 5.32. The van der Waals surface area contributed by atoms with Crippen molar-refractivity contribution < 1.29 is 4.79 Å². The topological polar surface area (TPSA) is 69.1 Å². The van der Waals surface area contributed by atoms with Gasteiger partial charge >= 0.3 is 0 Å². The Kier molecular flexibility index (Phi) is 1.95. The first-order valence-electron chi connectivity index (χ1n) is 4.41. The van der Waals surface area contributed by atoms with E-state index in [1.54, 1.807) is 0 Å². The smallest absolute Gasteiger partial charge is 0.238 e. The molecule has 1 rings (SSSR count). The molecule has 1 aliphatic carbocycles. The lowest BCUT2D eigenvalue weighted by Crippen LogP contribution is -2.61. The van der Waals surface area contributed by atoms with Crippen molar-refractivity contribution in [1.82, 2.24) is 0 Å². The fourth-order valence-corrected chi connectivity index (χ4v) is 2.26. The predicted molar refractivity (Wildman–Crippen MR) is 48.3 cm³/mol. The molecule has 70 valence electrons. The molecule has 0 spiro atoms. The highest BCUT2D eigenvalue weighted by Crippen LogP contribution is 2.47. The Morgan fingerprint density at radius 3 is 2.17 bits per heavy atom. The molecule has 3 heteroatoms. The maximum Gasteiger partial charge on any atom is 0.238 e. The van der Waals surface area contributed by atoms with E-state index in [4.69, 9.17) is 11.5 Å². The summed E-state index contributed by atoms with van der Waals surface area (Å²) < 4.78 is 0. The van der Waals surface area contributed by atoms with Gasteiger partial charge in [-0.15, -0.1) is 0 Å². The van der Waals surface area contributed by atoms with Gasteiger partial charge in [0.25, 0.3) is 0 Å². The van der Waals surface area contributed by atoms with Crippen molar-refractivity contribution in [1.29, 1.82) is 0 Å². The van der Waals surface area contributed by atoms with Crippen molar-refractivity contribution in [3.8, 4) is 0 Å². The van der Waals surface area contributed by atoms with E-state index in [0.717, 1.165) is 12.8 Å². The average Bonchev–Trinajstić information content (AvgIpc) is 2.15. The summed E-state index contributed by atoms with van der Waals surface area (Å²) in [6.45, 7) is 6.03. The van der Waals surface area contributed by atoms with Crippen LogP contribution in [0.4, 0.5) is 0 Å². The predicted octanol–water partition coefficient (Wildman–Crippen LogP) is 0.625. The molecule has 0 aromatic rings. The van der Waals surface area contributed by atoms with E-state index >= 15 is 0 Å². The molecule has 0 aromatic carbocycles. The Bertz CT molecular complexity index is 213. The minimum absolute atomic E-state index is 0.155. The van der Waals surface area contributed by atoms with Crippen LogP contribution in [0.15, 0.2) is 0 Å². The van der Waals surface area contributed by atoms with Gasteiger partial charge in [-0.25, -0.2) is 0 Å². The molecule has 2 unspecified atom stereocenters. The van der Waals surface area contributed by atoms with Gasteiger partial charge in [0.05, 0.1) is 0 Å². The van der Waals surface area contributed by atoms with Gasteiger partial charge in [0.1, 0.15) is 5.54 Å². The second-order valence-electron chi connectivity index (χ2n) is 4.56. The van der Waals surface area contributed by atoms with Crippen LogP contribution in [0.25, 0.3) is 0 Å². The van der Waals surface area contributed by atoms with Crippen LogP contribution in [0, 0.1) is 11.3 Å². The summed E-state index contributed by atoms with van der Waals surface area (Å²) in [6.07, 6.45) is 1.97. The first kappa shape index (κ1) is 9.52. The van der Waals surface area contributed by atoms with Crippen molar-refractivity contribution in [3.63, 3.8) is 0 Å². The SMILES string of the molecule is CC1CCC(C)(C)C1(N)C(N)=O. The Morgan fingerprint density at radius 1 is 1.50 bits per heavy atom. The molecule has 2 atom stereocenters. The number of primary amides is 1. The zero-order valence-corrected chi connectivity index (χ0v) is 8.05. The third-order valence-electron chi connectivity index (χ3n) is 3.51. The monoisotopic (exact) mass is 170 g/mol. The number of hydrogen-bond donors (Lipinski definition) is 2. The van der Waals surface area contributed by atoms with Crippen molar-refractivity contribution in [2.24, 2.45) is 22.8 Å². The molecular weight excluding hydrogens is 152 g/mol. The molecule has 3 nitrogen and oxygen atoms in total. The molecule has 1 aliphatic rings. The molecule has 1 amide bonds. The molecule has 0 aliphatic heterocycles. The Balaban J connectivity index is 3.06. The highest BCUT2D eigenvalue weighted by molar-refractivity contribution is 5.86. The number of rotatable bonds is 1. The van der Waals surface area contributed by atoms with Gasteiger partial charge in [0.2, 0.25) is 5.91 Å². The largest absolute Gasteiger partial charge is 0.368 e. The second kappa shape index (κ2) is 2.46. The zero-order valence-electron chi connectivity index (χ0n) is 8.05. The summed E-state index contributed by atoms with van der Waals surface area (Å²) in [4.78, 5) is 11.2. The molecule has 0 saturated heterocycles. The van der Waals surface area contributed by atoms with Crippen molar-refractivity contribution in [2.45, 2.75) is 39.2 Å². The molecule has 4 N–H and O–H groups in total. The van der Waals surface area contributed by atoms with Crippen molar-refractivity contribution in [2.75, 3.05) is 0 Å². The number of carbonyl (C=O) groups excluding carboxylic acids is 1. The van der Waals surface area contributed by atoms with E-state index in [1.807, 2.05) is 20.8 Å². The van der Waals surface area contributed by atoms with E-state index in [1.165, 1.54) is 0 Å². The minimum Gasteiger partial charge on any atom is -0.368 e. The van der Waals surface area contributed by atoms with Crippen LogP contribution in [0.1, 0.15) is 33.6 Å². The third-order valence-corrected chi connectivity index (χ3v) is 3.51. The zero-order chi connectivity index (χ0) is 9.57. The second-order valence-corrected chi connectivity index (χ2v) is 4.56. The maximum atomic E-state index is 11.2. The minimum atomic E-state index is -0.812. The van der Waals surface area contributed by atoms with Crippen molar-refractivity contribution >= 4 is 5.91 Å². The van der Waals surface area contributed by atoms with Gasteiger partial charge in [0.15, 0.2) is 0 Å². The summed E-state index contributed by atoms with van der Waals surface area (Å²) in [5, 5.41) is 0. The molecule has 0 radical (unpaired) electrons. The number of nitrogens with two attached hydrogens (primary N) is 2. The molecule has 1 fully saturated rings. The summed E-state index contributed by atoms with van der Waals surface area (Å²) in [7, 11) is 0. The molecule has 12 heavy (non-hydrogen) atoms. The first-order valence-corrected chi connectivity index (χ1v) is 4.41. The van der Waals surface area contributed by atoms with Crippen LogP contribution in [0.3, 0.4) is 0 Å². The van der Waals surface area contributed by atoms with Crippen LogP contribution >= 0.6 is 0 Å². The van der Waals surface area contributed by atoms with Crippen LogP contribution < -0.4 is 11.5 Å². The lowest BCUT2D eigenvalue weighted by Gasteiger charge is -2.37. The van der Waals surface area contributed by atoms with Crippen LogP contribution in [-0.2, 0) is 4.79 Å². The molecule has 0 aromatic heterocycles. The fourth-order valence-electron chi connectivity index (χ4n) is 2.26. The Morgan fingerprint density at radius 2 is 2.00 bits per heavy atom. The van der Waals surface area contributed by atoms with Gasteiger partial charge in [-0.1, -0.05) is 20.8 Å².